The fourth-order valence-electron chi connectivity index (χ4n) is 0.692. The monoisotopic (exact) mass is 283 g/mol. The van der Waals surface area contributed by atoms with E-state index < -0.39 is 22.2 Å². The zero-order valence-corrected chi connectivity index (χ0v) is 7.78. The number of phenolic OH excluding ortho intramolecular Hbond substituents is 1. The number of benzene rings is 1. The molecule has 1 N–H and O–H groups in total. The maximum Gasteiger partial charge on any atom is 0.314 e. The average Bonchev–Trinajstić information content (AvgIpc) is 1.96. The first-order valence-corrected chi connectivity index (χ1v) is 3.92. The quantitative estimate of drug-likeness (QED) is 0.487. The van der Waals surface area contributed by atoms with E-state index in [4.69, 9.17) is 5.11 Å². The van der Waals surface area contributed by atoms with Crippen molar-refractivity contribution in [3.8, 4) is 5.75 Å². The van der Waals surface area contributed by atoms with Crippen LogP contribution in [-0.4, -0.2) is 10.0 Å². The Kier molecular flexibility index (Phi) is 2.46. The Balaban J connectivity index is 3.37. The summed E-state index contributed by atoms with van der Waals surface area (Å²) in [5.41, 5.74) is -0.612. The minimum atomic E-state index is -0.833. The molecule has 0 radical (unpaired) electrons. The van der Waals surface area contributed by atoms with Gasteiger partial charge in [-0.3, -0.25) is 10.1 Å². The highest BCUT2D eigenvalue weighted by molar-refractivity contribution is 14.1. The summed E-state index contributed by atoms with van der Waals surface area (Å²) in [4.78, 5) is 9.37. The van der Waals surface area contributed by atoms with Crippen LogP contribution in [0, 0.1) is 19.5 Å². The Bertz CT molecular complexity index is 342. The van der Waals surface area contributed by atoms with E-state index in [1.165, 1.54) is 0 Å². The Morgan fingerprint density at radius 2 is 2.17 bits per heavy atom. The summed E-state index contributed by atoms with van der Waals surface area (Å²) in [6.45, 7) is 0. The topological polar surface area (TPSA) is 63.4 Å². The predicted molar refractivity (Wildman–Crippen MR) is 47.4 cm³/mol. The molecule has 4 nitrogen and oxygen atoms in total. The van der Waals surface area contributed by atoms with Crippen LogP contribution in [0.5, 0.6) is 5.75 Å². The fraction of sp³-hybridized carbons (Fsp3) is 0. The normalized spacial score (nSPS) is 9.83. The van der Waals surface area contributed by atoms with Crippen LogP contribution < -0.4 is 0 Å². The molecule has 0 bridgehead atoms. The smallest absolute Gasteiger partial charge is 0.314 e. The summed E-state index contributed by atoms with van der Waals surface area (Å²) >= 11 is 1.61. The molecule has 0 atom stereocenters. The minimum absolute atomic E-state index is 0.124. The van der Waals surface area contributed by atoms with Gasteiger partial charge in [-0.1, -0.05) is 0 Å². The van der Waals surface area contributed by atoms with Gasteiger partial charge >= 0.3 is 5.69 Å². The minimum Gasteiger partial charge on any atom is -0.501 e. The number of hydrogen-bond acceptors (Lipinski definition) is 3. The van der Waals surface area contributed by atoms with Crippen LogP contribution in [0.3, 0.4) is 0 Å². The van der Waals surface area contributed by atoms with Crippen LogP contribution in [0.1, 0.15) is 0 Å². The lowest BCUT2D eigenvalue weighted by atomic mass is 10.3. The van der Waals surface area contributed by atoms with Crippen molar-refractivity contribution in [1.82, 2.24) is 0 Å². The van der Waals surface area contributed by atoms with Gasteiger partial charge in [-0.05, 0) is 28.7 Å². The summed E-state index contributed by atoms with van der Waals surface area (Å²) in [5, 5.41) is 19.3. The van der Waals surface area contributed by atoms with Crippen LogP contribution >= 0.6 is 22.6 Å². The van der Waals surface area contributed by atoms with Crippen molar-refractivity contribution in [1.29, 1.82) is 0 Å². The number of hydrogen-bond donors (Lipinski definition) is 1. The highest BCUT2D eigenvalue weighted by atomic mass is 127. The van der Waals surface area contributed by atoms with Gasteiger partial charge in [0.05, 0.1) is 14.6 Å². The van der Waals surface area contributed by atoms with Crippen LogP contribution in [0.15, 0.2) is 12.1 Å². The molecule has 0 aliphatic heterocycles. The molecule has 0 unspecified atom stereocenters. The largest absolute Gasteiger partial charge is 0.501 e. The van der Waals surface area contributed by atoms with Gasteiger partial charge in [0.2, 0.25) is 5.75 Å². The van der Waals surface area contributed by atoms with Crippen molar-refractivity contribution in [2.75, 3.05) is 0 Å². The number of rotatable bonds is 1. The lowest BCUT2D eigenvalue weighted by molar-refractivity contribution is -0.386. The second-order valence-electron chi connectivity index (χ2n) is 2.01. The van der Waals surface area contributed by atoms with Crippen LogP contribution in [0.25, 0.3) is 0 Å². The molecule has 1 rings (SSSR count). The Hall–Kier alpha value is -0.920. The van der Waals surface area contributed by atoms with Gasteiger partial charge in [0.25, 0.3) is 0 Å². The fourth-order valence-corrected chi connectivity index (χ4v) is 1.27. The summed E-state index contributed by atoms with van der Waals surface area (Å²) in [6.07, 6.45) is 0. The number of halogens is 2. The molecule has 6 heteroatoms. The lowest BCUT2D eigenvalue weighted by Crippen LogP contribution is -1.91. The van der Waals surface area contributed by atoms with Crippen molar-refractivity contribution < 1.29 is 14.4 Å². The Morgan fingerprint density at radius 3 is 2.67 bits per heavy atom. The summed E-state index contributed by atoms with van der Waals surface area (Å²) in [7, 11) is 0. The van der Waals surface area contributed by atoms with E-state index in [-0.39, 0.29) is 3.57 Å². The van der Waals surface area contributed by atoms with Gasteiger partial charge < -0.3 is 5.11 Å². The van der Waals surface area contributed by atoms with Gasteiger partial charge in [-0.2, -0.15) is 0 Å². The van der Waals surface area contributed by atoms with Crippen molar-refractivity contribution in [2.24, 2.45) is 0 Å². The van der Waals surface area contributed by atoms with Crippen molar-refractivity contribution in [2.45, 2.75) is 0 Å². The SMILES string of the molecule is O=[N+]([O-])c1cc(F)cc(I)c1O. The zero-order chi connectivity index (χ0) is 9.30. The van der Waals surface area contributed by atoms with Crippen LogP contribution in [0.4, 0.5) is 10.1 Å². The molecule has 1 aromatic rings. The molecule has 0 spiro atoms. The van der Waals surface area contributed by atoms with E-state index >= 15 is 0 Å². The third-order valence-corrected chi connectivity index (χ3v) is 2.03. The third kappa shape index (κ3) is 1.63. The molecular formula is C6H3FINO3. The molecule has 0 amide bonds. The second-order valence-corrected chi connectivity index (χ2v) is 3.17. The first-order valence-electron chi connectivity index (χ1n) is 2.85. The Morgan fingerprint density at radius 1 is 1.58 bits per heavy atom. The van der Waals surface area contributed by atoms with E-state index in [1.807, 2.05) is 0 Å². The molecule has 0 saturated carbocycles. The van der Waals surface area contributed by atoms with E-state index in [1.54, 1.807) is 22.6 Å². The number of nitrogens with zero attached hydrogens (tertiary/aromatic N) is 1. The first-order chi connectivity index (χ1) is 5.52. The van der Waals surface area contributed by atoms with E-state index in [2.05, 4.69) is 0 Å². The molecule has 0 heterocycles. The summed E-state index contributed by atoms with van der Waals surface area (Å²) in [6, 6.07) is 1.69. The average molecular weight is 283 g/mol. The highest BCUT2D eigenvalue weighted by Crippen LogP contribution is 2.31. The Labute approximate surface area is 80.3 Å². The van der Waals surface area contributed by atoms with Crippen LogP contribution in [0.2, 0.25) is 0 Å². The van der Waals surface area contributed by atoms with Gasteiger partial charge in [-0.25, -0.2) is 4.39 Å². The van der Waals surface area contributed by atoms with Crippen molar-refractivity contribution >= 4 is 28.3 Å². The number of phenols is 1. The molecule has 0 saturated heterocycles. The highest BCUT2D eigenvalue weighted by Gasteiger charge is 2.17. The summed E-state index contributed by atoms with van der Waals surface area (Å²) < 4.78 is 12.7. The molecule has 0 fully saturated rings. The molecule has 64 valence electrons. The molecule has 12 heavy (non-hydrogen) atoms. The molecule has 0 aliphatic rings. The van der Waals surface area contributed by atoms with Gasteiger partial charge in [0, 0.05) is 0 Å². The predicted octanol–water partition coefficient (Wildman–Crippen LogP) is 2.04. The van der Waals surface area contributed by atoms with Gasteiger partial charge in [0.15, 0.2) is 0 Å². The third-order valence-electron chi connectivity index (χ3n) is 1.20. The van der Waals surface area contributed by atoms with Crippen molar-refractivity contribution in [3.63, 3.8) is 0 Å². The molecule has 0 aromatic heterocycles. The van der Waals surface area contributed by atoms with E-state index in [0.717, 1.165) is 6.07 Å². The molecule has 1 aromatic carbocycles. The van der Waals surface area contributed by atoms with E-state index in [0.29, 0.717) is 6.07 Å². The molecule has 0 aliphatic carbocycles. The van der Waals surface area contributed by atoms with Gasteiger partial charge in [-0.15, -0.1) is 0 Å². The number of aromatic hydroxyl groups is 1. The molecular weight excluding hydrogens is 280 g/mol. The van der Waals surface area contributed by atoms with Gasteiger partial charge in [0.1, 0.15) is 5.82 Å². The van der Waals surface area contributed by atoms with Crippen molar-refractivity contribution in [3.05, 3.63) is 31.6 Å². The maximum absolute atomic E-state index is 12.5. The second kappa shape index (κ2) is 3.21. The number of nitro benzene ring substituents is 1. The maximum atomic E-state index is 12.5. The summed E-state index contributed by atoms with van der Waals surface area (Å²) in [5.74, 6) is -1.23. The lowest BCUT2D eigenvalue weighted by Gasteiger charge is -1.97. The number of nitro groups is 1. The van der Waals surface area contributed by atoms with E-state index in [9.17, 15) is 14.5 Å². The standard InChI is InChI=1S/C6H3FINO3/c7-3-1-4(8)6(10)5(2-3)9(11)12/h1-2,10H. The zero-order valence-electron chi connectivity index (χ0n) is 5.62. The van der Waals surface area contributed by atoms with Crippen LogP contribution in [-0.2, 0) is 0 Å². The first kappa shape index (κ1) is 9.17.